The van der Waals surface area contributed by atoms with Crippen molar-refractivity contribution >= 4 is 0 Å². The normalized spacial score (nSPS) is 25.3. The molecule has 2 unspecified atom stereocenters. The number of methoxy groups -OCH3 is 1. The maximum Gasteiger partial charge on any atom is 0.230 e. The van der Waals surface area contributed by atoms with E-state index in [1.165, 1.54) is 12.8 Å². The Balaban J connectivity index is 2.18. The molecule has 2 atom stereocenters. The van der Waals surface area contributed by atoms with Crippen LogP contribution in [0.4, 0.5) is 0 Å². The van der Waals surface area contributed by atoms with Crippen molar-refractivity contribution < 1.29 is 9.26 Å². The maximum atomic E-state index is 5.84. The summed E-state index contributed by atoms with van der Waals surface area (Å²) < 4.78 is 10.8. The molecular formula is C13H23N3O2. The van der Waals surface area contributed by atoms with E-state index >= 15 is 0 Å². The van der Waals surface area contributed by atoms with Crippen LogP contribution in [0.15, 0.2) is 4.52 Å². The number of hydrogen-bond donors (Lipinski definition) is 1. The molecule has 102 valence electrons. The Morgan fingerprint density at radius 2 is 2.11 bits per heavy atom. The van der Waals surface area contributed by atoms with Crippen molar-refractivity contribution in [1.82, 2.24) is 10.1 Å². The van der Waals surface area contributed by atoms with Crippen molar-refractivity contribution in [3.05, 3.63) is 11.7 Å². The van der Waals surface area contributed by atoms with Gasteiger partial charge in [-0.15, -0.1) is 0 Å². The van der Waals surface area contributed by atoms with Gasteiger partial charge in [0.05, 0.1) is 0 Å². The first-order valence-electron chi connectivity index (χ1n) is 6.67. The van der Waals surface area contributed by atoms with Crippen LogP contribution >= 0.6 is 0 Å². The van der Waals surface area contributed by atoms with Gasteiger partial charge in [-0.25, -0.2) is 0 Å². The summed E-state index contributed by atoms with van der Waals surface area (Å²) in [5.74, 6) is 2.13. The molecule has 0 bridgehead atoms. The Labute approximate surface area is 108 Å². The lowest BCUT2D eigenvalue weighted by molar-refractivity contribution is 0.00973. The average Bonchev–Trinajstić information content (AvgIpc) is 2.89. The van der Waals surface area contributed by atoms with Crippen molar-refractivity contribution in [1.29, 1.82) is 0 Å². The maximum absolute atomic E-state index is 5.84. The molecule has 5 heteroatoms. The largest absolute Gasteiger partial charge is 0.371 e. The van der Waals surface area contributed by atoms with Gasteiger partial charge in [0.1, 0.15) is 5.60 Å². The van der Waals surface area contributed by atoms with Crippen LogP contribution in [-0.2, 0) is 10.3 Å². The zero-order chi connectivity index (χ0) is 13.2. The van der Waals surface area contributed by atoms with Crippen LogP contribution in [0.1, 0.15) is 57.2 Å². The van der Waals surface area contributed by atoms with Gasteiger partial charge in [-0.1, -0.05) is 18.0 Å². The molecule has 0 saturated heterocycles. The lowest BCUT2D eigenvalue weighted by atomic mass is 9.79. The minimum absolute atomic E-state index is 0.317. The number of aromatic nitrogens is 2. The molecule has 18 heavy (non-hydrogen) atoms. The topological polar surface area (TPSA) is 74.2 Å². The highest BCUT2D eigenvalue weighted by Gasteiger charge is 2.33. The zero-order valence-electron chi connectivity index (χ0n) is 11.5. The standard InChI is InChI=1S/C13H23N3O2/c1-13(2,17-3)12-15-11(18-16-12)10-7-5-4-6-9(10)8-14/h9-10H,4-8,14H2,1-3H3. The van der Waals surface area contributed by atoms with Gasteiger partial charge < -0.3 is 15.0 Å². The van der Waals surface area contributed by atoms with Crippen molar-refractivity contribution in [3.8, 4) is 0 Å². The van der Waals surface area contributed by atoms with E-state index in [1.807, 2.05) is 13.8 Å². The first kappa shape index (κ1) is 13.5. The van der Waals surface area contributed by atoms with Crippen molar-refractivity contribution in [2.45, 2.75) is 51.0 Å². The van der Waals surface area contributed by atoms with Crippen LogP contribution in [0.5, 0.6) is 0 Å². The second-order valence-corrected chi connectivity index (χ2v) is 5.56. The van der Waals surface area contributed by atoms with Crippen molar-refractivity contribution in [3.63, 3.8) is 0 Å². The summed E-state index contributed by atoms with van der Waals surface area (Å²) >= 11 is 0. The lowest BCUT2D eigenvalue weighted by Crippen LogP contribution is -2.26. The van der Waals surface area contributed by atoms with Crippen LogP contribution in [0.2, 0.25) is 0 Å². The summed E-state index contributed by atoms with van der Waals surface area (Å²) in [6.07, 6.45) is 4.72. The van der Waals surface area contributed by atoms with Gasteiger partial charge in [0.25, 0.3) is 0 Å². The Morgan fingerprint density at radius 3 is 2.78 bits per heavy atom. The summed E-state index contributed by atoms with van der Waals surface area (Å²) in [5.41, 5.74) is 5.33. The first-order valence-corrected chi connectivity index (χ1v) is 6.67. The van der Waals surface area contributed by atoms with Crippen LogP contribution in [0.25, 0.3) is 0 Å². The monoisotopic (exact) mass is 253 g/mol. The molecule has 0 spiro atoms. The van der Waals surface area contributed by atoms with E-state index in [0.29, 0.717) is 24.2 Å². The number of nitrogens with zero attached hydrogens (tertiary/aromatic N) is 2. The summed E-state index contributed by atoms with van der Waals surface area (Å²) in [7, 11) is 1.65. The summed E-state index contributed by atoms with van der Waals surface area (Å²) in [4.78, 5) is 4.52. The Morgan fingerprint density at radius 1 is 1.39 bits per heavy atom. The molecule has 2 rings (SSSR count). The van der Waals surface area contributed by atoms with Crippen LogP contribution in [-0.4, -0.2) is 23.8 Å². The minimum atomic E-state index is -0.505. The quantitative estimate of drug-likeness (QED) is 0.890. The first-order chi connectivity index (χ1) is 8.58. The van der Waals surface area contributed by atoms with E-state index in [4.69, 9.17) is 15.0 Å². The van der Waals surface area contributed by atoms with Gasteiger partial charge in [0.15, 0.2) is 0 Å². The average molecular weight is 253 g/mol. The summed E-state index contributed by atoms with van der Waals surface area (Å²) in [6.45, 7) is 4.56. The van der Waals surface area contributed by atoms with E-state index in [1.54, 1.807) is 7.11 Å². The molecule has 0 radical (unpaired) electrons. The molecule has 0 amide bonds. The fourth-order valence-corrected chi connectivity index (χ4v) is 2.54. The molecule has 5 nitrogen and oxygen atoms in total. The van der Waals surface area contributed by atoms with Gasteiger partial charge in [-0.2, -0.15) is 4.98 Å². The molecular weight excluding hydrogens is 230 g/mol. The number of nitrogens with two attached hydrogens (primary N) is 1. The highest BCUT2D eigenvalue weighted by molar-refractivity contribution is 5.03. The predicted molar refractivity (Wildman–Crippen MR) is 68.1 cm³/mol. The summed E-state index contributed by atoms with van der Waals surface area (Å²) in [6, 6.07) is 0. The Bertz CT molecular complexity index is 389. The fraction of sp³-hybridized carbons (Fsp3) is 0.846. The molecule has 2 N–H and O–H groups in total. The van der Waals surface area contributed by atoms with Gasteiger partial charge in [-0.05, 0) is 39.2 Å². The third-order valence-electron chi connectivity index (χ3n) is 4.02. The lowest BCUT2D eigenvalue weighted by Gasteiger charge is -2.27. The van der Waals surface area contributed by atoms with Crippen LogP contribution in [0.3, 0.4) is 0 Å². The molecule has 1 aromatic rings. The third kappa shape index (κ3) is 2.57. The Kier molecular flexibility index (Phi) is 4.02. The van der Waals surface area contributed by atoms with E-state index < -0.39 is 5.60 Å². The van der Waals surface area contributed by atoms with E-state index in [0.717, 1.165) is 18.7 Å². The molecule has 1 fully saturated rings. The number of rotatable bonds is 4. The molecule has 1 heterocycles. The molecule has 0 aliphatic heterocycles. The zero-order valence-corrected chi connectivity index (χ0v) is 11.5. The van der Waals surface area contributed by atoms with E-state index in [9.17, 15) is 0 Å². The smallest absolute Gasteiger partial charge is 0.230 e. The minimum Gasteiger partial charge on any atom is -0.371 e. The Hall–Kier alpha value is -0.940. The molecule has 1 aliphatic carbocycles. The fourth-order valence-electron chi connectivity index (χ4n) is 2.54. The van der Waals surface area contributed by atoms with Crippen molar-refractivity contribution in [2.75, 3.05) is 13.7 Å². The van der Waals surface area contributed by atoms with Gasteiger partial charge in [-0.3, -0.25) is 0 Å². The third-order valence-corrected chi connectivity index (χ3v) is 4.02. The highest BCUT2D eigenvalue weighted by atomic mass is 16.5. The summed E-state index contributed by atoms with van der Waals surface area (Å²) in [5, 5.41) is 4.05. The van der Waals surface area contributed by atoms with Crippen LogP contribution in [0, 0.1) is 5.92 Å². The second kappa shape index (κ2) is 5.36. The predicted octanol–water partition coefficient (Wildman–Crippen LogP) is 2.18. The number of hydrogen-bond acceptors (Lipinski definition) is 5. The van der Waals surface area contributed by atoms with Crippen molar-refractivity contribution in [2.24, 2.45) is 11.7 Å². The second-order valence-electron chi connectivity index (χ2n) is 5.56. The SMILES string of the molecule is COC(C)(C)c1noc(C2CCCCC2CN)n1. The van der Waals surface area contributed by atoms with Gasteiger partial charge in [0.2, 0.25) is 11.7 Å². The van der Waals surface area contributed by atoms with Gasteiger partial charge in [0, 0.05) is 13.0 Å². The number of ether oxygens (including phenoxy) is 1. The van der Waals surface area contributed by atoms with Gasteiger partial charge >= 0.3 is 0 Å². The highest BCUT2D eigenvalue weighted by Crippen LogP contribution is 2.37. The molecule has 1 aromatic heterocycles. The molecule has 1 saturated carbocycles. The molecule has 1 aliphatic rings. The van der Waals surface area contributed by atoms with Crippen LogP contribution < -0.4 is 5.73 Å². The van der Waals surface area contributed by atoms with E-state index in [2.05, 4.69) is 10.1 Å². The molecule has 0 aromatic carbocycles. The van der Waals surface area contributed by atoms with E-state index in [-0.39, 0.29) is 0 Å².